The van der Waals surface area contributed by atoms with Gasteiger partial charge in [-0.25, -0.2) is 13.1 Å². The van der Waals surface area contributed by atoms with E-state index in [1.54, 1.807) is 0 Å². The SMILES string of the molecule is O=S(=O)(Cc1ccccc1Br)NC1CCCCC1. The zero-order valence-electron chi connectivity index (χ0n) is 10.2. The second kappa shape index (κ2) is 6.17. The molecule has 0 amide bonds. The minimum absolute atomic E-state index is 0.0466. The molecule has 0 heterocycles. The second-order valence-electron chi connectivity index (χ2n) is 4.80. The first kappa shape index (κ1) is 14.0. The van der Waals surface area contributed by atoms with E-state index in [2.05, 4.69) is 20.7 Å². The summed E-state index contributed by atoms with van der Waals surface area (Å²) in [6.45, 7) is 0. The molecule has 1 aliphatic carbocycles. The summed E-state index contributed by atoms with van der Waals surface area (Å²) in [5, 5.41) is 0. The molecule has 0 aliphatic heterocycles. The maximum Gasteiger partial charge on any atom is 0.216 e. The summed E-state index contributed by atoms with van der Waals surface area (Å²) in [6.07, 6.45) is 5.41. The smallest absolute Gasteiger partial charge is 0.212 e. The second-order valence-corrected chi connectivity index (χ2v) is 7.41. The van der Waals surface area contributed by atoms with E-state index in [4.69, 9.17) is 0 Å². The van der Waals surface area contributed by atoms with Gasteiger partial charge in [0.15, 0.2) is 0 Å². The van der Waals surface area contributed by atoms with Crippen LogP contribution in [0.1, 0.15) is 37.7 Å². The Labute approximate surface area is 117 Å². The van der Waals surface area contributed by atoms with Gasteiger partial charge in [-0.05, 0) is 24.5 Å². The molecule has 1 saturated carbocycles. The van der Waals surface area contributed by atoms with Crippen LogP contribution in [0.25, 0.3) is 0 Å². The van der Waals surface area contributed by atoms with Crippen LogP contribution in [0, 0.1) is 0 Å². The van der Waals surface area contributed by atoms with Crippen LogP contribution < -0.4 is 4.72 Å². The van der Waals surface area contributed by atoms with Gasteiger partial charge in [0.2, 0.25) is 10.0 Å². The van der Waals surface area contributed by atoms with Gasteiger partial charge in [-0.2, -0.15) is 0 Å². The number of hydrogen-bond acceptors (Lipinski definition) is 2. The largest absolute Gasteiger partial charge is 0.216 e. The summed E-state index contributed by atoms with van der Waals surface area (Å²) in [7, 11) is -3.24. The van der Waals surface area contributed by atoms with Crippen LogP contribution in [0.15, 0.2) is 28.7 Å². The molecule has 0 atom stereocenters. The Morgan fingerprint density at radius 1 is 1.17 bits per heavy atom. The quantitative estimate of drug-likeness (QED) is 0.920. The van der Waals surface area contributed by atoms with Crippen LogP contribution in [0.3, 0.4) is 0 Å². The molecule has 1 aromatic carbocycles. The lowest BCUT2D eigenvalue weighted by Gasteiger charge is -2.22. The predicted octanol–water partition coefficient (Wildman–Crippen LogP) is 3.20. The Kier molecular flexibility index (Phi) is 4.81. The molecule has 0 saturated heterocycles. The summed E-state index contributed by atoms with van der Waals surface area (Å²) >= 11 is 3.38. The Hall–Kier alpha value is -0.390. The molecule has 0 spiro atoms. The Balaban J connectivity index is 2.01. The van der Waals surface area contributed by atoms with Gasteiger partial charge in [0, 0.05) is 10.5 Å². The van der Waals surface area contributed by atoms with Gasteiger partial charge in [0.1, 0.15) is 0 Å². The molecule has 1 aromatic rings. The van der Waals surface area contributed by atoms with E-state index in [1.165, 1.54) is 6.42 Å². The molecule has 2 rings (SSSR count). The topological polar surface area (TPSA) is 46.2 Å². The molecule has 18 heavy (non-hydrogen) atoms. The van der Waals surface area contributed by atoms with E-state index in [-0.39, 0.29) is 11.8 Å². The maximum atomic E-state index is 12.1. The van der Waals surface area contributed by atoms with Crippen molar-refractivity contribution < 1.29 is 8.42 Å². The maximum absolute atomic E-state index is 12.1. The van der Waals surface area contributed by atoms with Gasteiger partial charge in [-0.1, -0.05) is 53.4 Å². The molecule has 0 bridgehead atoms. The average molecular weight is 332 g/mol. The number of hydrogen-bond donors (Lipinski definition) is 1. The highest BCUT2D eigenvalue weighted by atomic mass is 79.9. The van der Waals surface area contributed by atoms with Crippen molar-refractivity contribution >= 4 is 26.0 Å². The first-order valence-corrected chi connectivity index (χ1v) is 8.75. The summed E-state index contributed by atoms with van der Waals surface area (Å²) in [5.74, 6) is 0.0466. The molecule has 3 nitrogen and oxygen atoms in total. The molecule has 1 fully saturated rings. The third-order valence-corrected chi connectivity index (χ3v) is 5.41. The summed E-state index contributed by atoms with van der Waals surface area (Å²) in [5.41, 5.74) is 0.806. The molecule has 1 N–H and O–H groups in total. The molecule has 0 aromatic heterocycles. The van der Waals surface area contributed by atoms with E-state index in [9.17, 15) is 8.42 Å². The Morgan fingerprint density at radius 3 is 2.50 bits per heavy atom. The van der Waals surface area contributed by atoms with Crippen LogP contribution in [0.5, 0.6) is 0 Å². The van der Waals surface area contributed by atoms with E-state index in [1.807, 2.05) is 24.3 Å². The van der Waals surface area contributed by atoms with Gasteiger partial charge >= 0.3 is 0 Å². The first-order chi connectivity index (χ1) is 8.57. The number of nitrogens with one attached hydrogen (secondary N) is 1. The predicted molar refractivity (Wildman–Crippen MR) is 76.8 cm³/mol. The third kappa shape index (κ3) is 4.07. The van der Waals surface area contributed by atoms with Gasteiger partial charge in [0.05, 0.1) is 5.75 Å². The summed E-state index contributed by atoms with van der Waals surface area (Å²) in [4.78, 5) is 0. The van der Waals surface area contributed by atoms with E-state index in [0.29, 0.717) is 0 Å². The lowest BCUT2D eigenvalue weighted by molar-refractivity contribution is 0.412. The monoisotopic (exact) mass is 331 g/mol. The lowest BCUT2D eigenvalue weighted by atomic mass is 9.96. The number of halogens is 1. The molecule has 100 valence electrons. The standard InChI is InChI=1S/C13H18BrNO2S/c14-13-9-5-4-6-11(13)10-18(16,17)15-12-7-2-1-3-8-12/h4-6,9,12,15H,1-3,7-8,10H2. The van der Waals surface area contributed by atoms with Gasteiger partial charge in [0.25, 0.3) is 0 Å². The summed E-state index contributed by atoms with van der Waals surface area (Å²) < 4.78 is 27.8. The van der Waals surface area contributed by atoms with Crippen LogP contribution in [0.2, 0.25) is 0 Å². The molecular formula is C13H18BrNO2S. The fourth-order valence-electron chi connectivity index (χ4n) is 2.34. The van der Waals surface area contributed by atoms with Gasteiger partial charge < -0.3 is 0 Å². The van der Waals surface area contributed by atoms with Crippen LogP contribution in [-0.4, -0.2) is 14.5 Å². The highest BCUT2D eigenvalue weighted by molar-refractivity contribution is 9.10. The minimum Gasteiger partial charge on any atom is -0.212 e. The highest BCUT2D eigenvalue weighted by Gasteiger charge is 2.20. The van der Waals surface area contributed by atoms with Crippen molar-refractivity contribution in [3.63, 3.8) is 0 Å². The van der Waals surface area contributed by atoms with Crippen molar-refractivity contribution in [1.29, 1.82) is 0 Å². The van der Waals surface area contributed by atoms with Crippen LogP contribution in [0.4, 0.5) is 0 Å². The zero-order chi connectivity index (χ0) is 13.0. The van der Waals surface area contributed by atoms with Crippen molar-refractivity contribution in [2.75, 3.05) is 0 Å². The van der Waals surface area contributed by atoms with Crippen molar-refractivity contribution in [1.82, 2.24) is 4.72 Å². The van der Waals surface area contributed by atoms with E-state index >= 15 is 0 Å². The van der Waals surface area contributed by atoms with Crippen LogP contribution in [-0.2, 0) is 15.8 Å². The number of sulfonamides is 1. The molecule has 0 radical (unpaired) electrons. The number of rotatable bonds is 4. The Bertz CT molecular complexity index is 495. The minimum atomic E-state index is -3.24. The van der Waals surface area contributed by atoms with Crippen molar-refractivity contribution in [3.05, 3.63) is 34.3 Å². The fraction of sp³-hybridized carbons (Fsp3) is 0.538. The zero-order valence-corrected chi connectivity index (χ0v) is 12.6. The number of benzene rings is 1. The van der Waals surface area contributed by atoms with E-state index < -0.39 is 10.0 Å². The normalized spacial score (nSPS) is 17.8. The highest BCUT2D eigenvalue weighted by Crippen LogP contribution is 2.21. The van der Waals surface area contributed by atoms with Gasteiger partial charge in [-0.15, -0.1) is 0 Å². The first-order valence-electron chi connectivity index (χ1n) is 6.30. The van der Waals surface area contributed by atoms with E-state index in [0.717, 1.165) is 35.7 Å². The fourth-order valence-corrected chi connectivity index (χ4v) is 4.43. The molecule has 1 aliphatic rings. The molecule has 5 heteroatoms. The third-order valence-electron chi connectivity index (χ3n) is 3.25. The van der Waals surface area contributed by atoms with Crippen LogP contribution >= 0.6 is 15.9 Å². The van der Waals surface area contributed by atoms with Gasteiger partial charge in [-0.3, -0.25) is 0 Å². The molecular weight excluding hydrogens is 314 g/mol. The van der Waals surface area contributed by atoms with Crippen molar-refractivity contribution in [2.45, 2.75) is 43.9 Å². The lowest BCUT2D eigenvalue weighted by Crippen LogP contribution is -2.36. The summed E-state index contributed by atoms with van der Waals surface area (Å²) in [6, 6.07) is 7.58. The average Bonchev–Trinajstić information content (AvgIpc) is 2.32. The molecule has 0 unspecified atom stereocenters. The van der Waals surface area contributed by atoms with Crippen molar-refractivity contribution in [3.8, 4) is 0 Å². The van der Waals surface area contributed by atoms with Crippen molar-refractivity contribution in [2.24, 2.45) is 0 Å². The Morgan fingerprint density at radius 2 is 1.83 bits per heavy atom.